The van der Waals surface area contributed by atoms with Gasteiger partial charge in [-0.05, 0) is 48.8 Å². The number of aryl methyl sites for hydroxylation is 1. The zero-order valence-corrected chi connectivity index (χ0v) is 8.99. The predicted octanol–water partition coefficient (Wildman–Crippen LogP) is 2.57. The van der Waals surface area contributed by atoms with Gasteiger partial charge in [-0.1, -0.05) is 18.2 Å². The summed E-state index contributed by atoms with van der Waals surface area (Å²) in [5.41, 5.74) is 3.39. The summed E-state index contributed by atoms with van der Waals surface area (Å²) in [5, 5.41) is 8.72. The van der Waals surface area contributed by atoms with E-state index in [1.807, 2.05) is 13.0 Å². The van der Waals surface area contributed by atoms with E-state index in [2.05, 4.69) is 12.1 Å². The number of aliphatic carboxylic acids is 1. The molecule has 0 heterocycles. The fraction of sp³-hybridized carbons (Fsp3) is 0.462. The molecule has 2 heteroatoms. The van der Waals surface area contributed by atoms with Crippen LogP contribution in [0.15, 0.2) is 18.2 Å². The van der Waals surface area contributed by atoms with E-state index >= 15 is 0 Å². The minimum absolute atomic E-state index is 0.134. The molecule has 0 bridgehead atoms. The molecule has 1 aliphatic carbocycles. The molecular weight excluding hydrogens is 188 g/mol. The van der Waals surface area contributed by atoms with Gasteiger partial charge in [-0.2, -0.15) is 0 Å². The molecule has 2 nitrogen and oxygen atoms in total. The first-order valence-corrected chi connectivity index (χ1v) is 5.45. The second-order valence-corrected chi connectivity index (χ2v) is 4.48. The van der Waals surface area contributed by atoms with Gasteiger partial charge in [0.2, 0.25) is 0 Å². The summed E-state index contributed by atoms with van der Waals surface area (Å²) in [6, 6.07) is 6.17. The maximum absolute atomic E-state index is 10.6. The Hall–Kier alpha value is -1.31. The average molecular weight is 204 g/mol. The van der Waals surface area contributed by atoms with Crippen molar-refractivity contribution in [2.24, 2.45) is 5.92 Å². The fourth-order valence-corrected chi connectivity index (χ4v) is 1.90. The molecule has 1 aliphatic rings. The van der Waals surface area contributed by atoms with Crippen LogP contribution in [0.2, 0.25) is 0 Å². The Morgan fingerprint density at radius 2 is 2.20 bits per heavy atom. The number of carboxylic acid groups (broad SMARTS) is 1. The Balaban J connectivity index is 2.10. The molecule has 0 unspecified atom stereocenters. The third-order valence-corrected chi connectivity index (χ3v) is 2.97. The van der Waals surface area contributed by atoms with Gasteiger partial charge >= 0.3 is 5.97 Å². The van der Waals surface area contributed by atoms with Gasteiger partial charge in [-0.25, -0.2) is 0 Å². The summed E-state index contributed by atoms with van der Waals surface area (Å²) in [5.74, 6) is 0.128. The molecule has 15 heavy (non-hydrogen) atoms. The van der Waals surface area contributed by atoms with E-state index < -0.39 is 5.97 Å². The Kier molecular flexibility index (Phi) is 2.76. The monoisotopic (exact) mass is 204 g/mol. The van der Waals surface area contributed by atoms with Crippen LogP contribution in [0.4, 0.5) is 0 Å². The van der Waals surface area contributed by atoms with Crippen LogP contribution in [0, 0.1) is 12.8 Å². The van der Waals surface area contributed by atoms with Crippen LogP contribution in [-0.2, 0) is 17.6 Å². The van der Waals surface area contributed by atoms with Crippen molar-refractivity contribution in [2.75, 3.05) is 0 Å². The largest absolute Gasteiger partial charge is 0.481 e. The maximum atomic E-state index is 10.6. The molecule has 2 rings (SSSR count). The highest BCUT2D eigenvalue weighted by molar-refractivity contribution is 5.70. The molecule has 1 aromatic rings. The minimum atomic E-state index is -0.756. The van der Waals surface area contributed by atoms with Crippen molar-refractivity contribution in [1.29, 1.82) is 0 Å². The average Bonchev–Trinajstić information content (AvgIpc) is 2.93. The summed E-state index contributed by atoms with van der Waals surface area (Å²) >= 11 is 0. The SMILES string of the molecule is Cc1cc(CC2CC2)ccc1CC(=O)O. The second-order valence-electron chi connectivity index (χ2n) is 4.48. The molecule has 0 spiro atoms. The lowest BCUT2D eigenvalue weighted by atomic mass is 10.00. The van der Waals surface area contributed by atoms with Crippen LogP contribution in [0.1, 0.15) is 29.5 Å². The number of hydrogen-bond acceptors (Lipinski definition) is 1. The van der Waals surface area contributed by atoms with Gasteiger partial charge in [0.15, 0.2) is 0 Å². The Bertz CT molecular complexity index is 378. The number of rotatable bonds is 4. The molecule has 1 aromatic carbocycles. The highest BCUT2D eigenvalue weighted by atomic mass is 16.4. The Morgan fingerprint density at radius 3 is 2.73 bits per heavy atom. The zero-order valence-electron chi connectivity index (χ0n) is 8.99. The van der Waals surface area contributed by atoms with E-state index in [1.165, 1.54) is 18.4 Å². The van der Waals surface area contributed by atoms with Crippen LogP contribution in [-0.4, -0.2) is 11.1 Å². The summed E-state index contributed by atoms with van der Waals surface area (Å²) in [7, 11) is 0. The summed E-state index contributed by atoms with van der Waals surface area (Å²) in [4.78, 5) is 10.6. The van der Waals surface area contributed by atoms with Crippen molar-refractivity contribution in [2.45, 2.75) is 32.6 Å². The standard InChI is InChI=1S/C13H16O2/c1-9-6-11(7-10-2-3-10)4-5-12(9)8-13(14)15/h4-6,10H,2-3,7-8H2,1H3,(H,14,15). The lowest BCUT2D eigenvalue weighted by molar-refractivity contribution is -0.136. The summed E-state index contributed by atoms with van der Waals surface area (Å²) in [6.45, 7) is 1.99. The van der Waals surface area contributed by atoms with Crippen LogP contribution in [0.5, 0.6) is 0 Å². The van der Waals surface area contributed by atoms with Gasteiger partial charge in [0.1, 0.15) is 0 Å². The molecule has 80 valence electrons. The van der Waals surface area contributed by atoms with Gasteiger partial charge in [0.25, 0.3) is 0 Å². The summed E-state index contributed by atoms with van der Waals surface area (Å²) in [6.07, 6.45) is 4.01. The minimum Gasteiger partial charge on any atom is -0.481 e. The third kappa shape index (κ3) is 2.82. The smallest absolute Gasteiger partial charge is 0.307 e. The van der Waals surface area contributed by atoms with E-state index in [9.17, 15) is 4.79 Å². The zero-order chi connectivity index (χ0) is 10.8. The van der Waals surface area contributed by atoms with Crippen molar-refractivity contribution in [3.8, 4) is 0 Å². The first-order chi connectivity index (χ1) is 7.15. The highest BCUT2D eigenvalue weighted by Gasteiger charge is 2.21. The Labute approximate surface area is 89.9 Å². The van der Waals surface area contributed by atoms with E-state index in [1.54, 1.807) is 0 Å². The van der Waals surface area contributed by atoms with Gasteiger partial charge in [0.05, 0.1) is 6.42 Å². The van der Waals surface area contributed by atoms with Crippen molar-refractivity contribution < 1.29 is 9.90 Å². The van der Waals surface area contributed by atoms with E-state index in [4.69, 9.17) is 5.11 Å². The number of carboxylic acids is 1. The van der Waals surface area contributed by atoms with Gasteiger partial charge in [-0.3, -0.25) is 4.79 Å². The molecular formula is C13H16O2. The number of hydrogen-bond donors (Lipinski definition) is 1. The quantitative estimate of drug-likeness (QED) is 0.818. The van der Waals surface area contributed by atoms with E-state index in [-0.39, 0.29) is 6.42 Å². The van der Waals surface area contributed by atoms with Crippen LogP contribution < -0.4 is 0 Å². The predicted molar refractivity (Wildman–Crippen MR) is 58.9 cm³/mol. The lowest BCUT2D eigenvalue weighted by Crippen LogP contribution is -2.02. The third-order valence-electron chi connectivity index (χ3n) is 2.97. The molecule has 0 amide bonds. The number of benzene rings is 1. The topological polar surface area (TPSA) is 37.3 Å². The second kappa shape index (κ2) is 4.05. The molecule has 1 saturated carbocycles. The van der Waals surface area contributed by atoms with Crippen molar-refractivity contribution in [1.82, 2.24) is 0 Å². The number of carbonyl (C=O) groups is 1. The van der Waals surface area contributed by atoms with Crippen LogP contribution >= 0.6 is 0 Å². The summed E-state index contributed by atoms with van der Waals surface area (Å²) < 4.78 is 0. The van der Waals surface area contributed by atoms with Crippen molar-refractivity contribution in [3.05, 3.63) is 34.9 Å². The van der Waals surface area contributed by atoms with Gasteiger partial charge in [0, 0.05) is 0 Å². The lowest BCUT2D eigenvalue weighted by Gasteiger charge is -2.06. The fourth-order valence-electron chi connectivity index (χ4n) is 1.90. The molecule has 1 N–H and O–H groups in total. The van der Waals surface area contributed by atoms with E-state index in [0.717, 1.165) is 23.5 Å². The maximum Gasteiger partial charge on any atom is 0.307 e. The Morgan fingerprint density at radius 1 is 1.47 bits per heavy atom. The highest BCUT2D eigenvalue weighted by Crippen LogP contribution is 2.32. The van der Waals surface area contributed by atoms with E-state index in [0.29, 0.717) is 0 Å². The van der Waals surface area contributed by atoms with Crippen LogP contribution in [0.3, 0.4) is 0 Å². The molecule has 0 saturated heterocycles. The normalized spacial score (nSPS) is 15.3. The van der Waals surface area contributed by atoms with Crippen LogP contribution in [0.25, 0.3) is 0 Å². The van der Waals surface area contributed by atoms with Crippen molar-refractivity contribution in [3.63, 3.8) is 0 Å². The first-order valence-electron chi connectivity index (χ1n) is 5.45. The van der Waals surface area contributed by atoms with Crippen molar-refractivity contribution >= 4 is 5.97 Å². The molecule has 1 fully saturated rings. The first kappa shape index (κ1) is 10.2. The molecule has 0 radical (unpaired) electrons. The van der Waals surface area contributed by atoms with Gasteiger partial charge in [-0.15, -0.1) is 0 Å². The molecule has 0 aromatic heterocycles. The molecule has 0 atom stereocenters. The molecule has 0 aliphatic heterocycles. The van der Waals surface area contributed by atoms with Gasteiger partial charge < -0.3 is 5.11 Å².